The maximum atomic E-state index is 12.5. The number of carbonyl (C=O) groups excluding carboxylic acids is 2. The molecule has 0 aliphatic carbocycles. The Bertz CT molecular complexity index is 434. The lowest BCUT2D eigenvalue weighted by molar-refractivity contribution is -0.141. The van der Waals surface area contributed by atoms with Gasteiger partial charge in [0.15, 0.2) is 0 Å². The number of hydrogen-bond acceptors (Lipinski definition) is 8. The summed E-state index contributed by atoms with van der Waals surface area (Å²) in [6.45, 7) is 6.43. The predicted octanol–water partition coefficient (Wildman–Crippen LogP) is -0.449. The fourth-order valence-electron chi connectivity index (χ4n) is 3.05. The molecule has 30 heavy (non-hydrogen) atoms. The quantitative estimate of drug-likeness (QED) is 0.508. The molecule has 0 N–H and O–H groups in total. The first-order valence-electron chi connectivity index (χ1n) is 10.8. The molecule has 3 rings (SSSR count). The van der Waals surface area contributed by atoms with Gasteiger partial charge in [-0.1, -0.05) is 0 Å². The van der Waals surface area contributed by atoms with Gasteiger partial charge in [-0.15, -0.1) is 0 Å². The van der Waals surface area contributed by atoms with E-state index in [-0.39, 0.29) is 38.2 Å². The third-order valence-corrected chi connectivity index (χ3v) is 4.72. The number of rotatable bonds is 0. The molecule has 0 unspecified atom stereocenters. The molecule has 3 saturated heterocycles. The van der Waals surface area contributed by atoms with E-state index < -0.39 is 0 Å². The highest BCUT2D eigenvalue weighted by atomic mass is 16.5. The van der Waals surface area contributed by atoms with Crippen molar-refractivity contribution in [3.05, 3.63) is 0 Å². The van der Waals surface area contributed by atoms with Crippen LogP contribution >= 0.6 is 0 Å². The Morgan fingerprint density at radius 1 is 0.433 bits per heavy atom. The Labute approximate surface area is 178 Å². The third-order valence-electron chi connectivity index (χ3n) is 4.72. The number of hydrogen-bond donors (Lipinski definition) is 0. The van der Waals surface area contributed by atoms with Gasteiger partial charge in [0, 0.05) is 39.4 Å². The second-order valence-corrected chi connectivity index (χ2v) is 7.02. The minimum atomic E-state index is -0.101. The molecule has 0 aromatic rings. The Kier molecular flexibility index (Phi) is 13.6. The zero-order valence-electron chi connectivity index (χ0n) is 17.9. The van der Waals surface area contributed by atoms with E-state index in [2.05, 4.69) is 0 Å². The van der Waals surface area contributed by atoms with Crippen molar-refractivity contribution in [2.75, 3.05) is 105 Å². The van der Waals surface area contributed by atoms with Crippen molar-refractivity contribution in [2.24, 2.45) is 0 Å². The topological polar surface area (TPSA) is 96.0 Å². The van der Waals surface area contributed by atoms with Crippen molar-refractivity contribution >= 4 is 11.8 Å². The maximum Gasteiger partial charge on any atom is 0.248 e. The first-order valence-corrected chi connectivity index (χ1v) is 10.8. The highest BCUT2D eigenvalue weighted by Crippen LogP contribution is 2.00. The van der Waals surface area contributed by atoms with Crippen LogP contribution in [0.1, 0.15) is 12.8 Å². The van der Waals surface area contributed by atoms with Gasteiger partial charge in [-0.3, -0.25) is 9.59 Å². The second-order valence-electron chi connectivity index (χ2n) is 7.02. The lowest BCUT2D eigenvalue weighted by Gasteiger charge is -2.24. The van der Waals surface area contributed by atoms with Crippen LogP contribution in [0.4, 0.5) is 0 Å². The smallest absolute Gasteiger partial charge is 0.248 e. The zero-order valence-corrected chi connectivity index (χ0v) is 17.9. The molecule has 0 aromatic heterocycles. The van der Waals surface area contributed by atoms with Gasteiger partial charge >= 0.3 is 0 Å². The van der Waals surface area contributed by atoms with Crippen LogP contribution in [-0.4, -0.2) is 127 Å². The monoisotopic (exact) mass is 432 g/mol. The van der Waals surface area contributed by atoms with Crippen molar-refractivity contribution in [2.45, 2.75) is 12.8 Å². The lowest BCUT2D eigenvalue weighted by atomic mass is 10.3. The summed E-state index contributed by atoms with van der Waals surface area (Å²) < 4.78 is 33.2. The SMILES string of the molecule is O=C1COCCOCC(=O)N2CCCOCCOCCCN1CCOCCOCC2. The van der Waals surface area contributed by atoms with Crippen LogP contribution < -0.4 is 0 Å². The highest BCUT2D eigenvalue weighted by Gasteiger charge is 2.16. The van der Waals surface area contributed by atoms with Crippen LogP contribution in [0.25, 0.3) is 0 Å². The third kappa shape index (κ3) is 11.2. The fraction of sp³-hybridized carbons (Fsp3) is 0.900. The molecular formula is C20H36N2O8. The van der Waals surface area contributed by atoms with E-state index in [9.17, 15) is 9.59 Å². The average molecular weight is 433 g/mol. The molecule has 3 fully saturated rings. The Morgan fingerprint density at radius 2 is 0.800 bits per heavy atom. The molecule has 174 valence electrons. The first kappa shape index (κ1) is 25.0. The molecule has 10 nitrogen and oxygen atoms in total. The van der Waals surface area contributed by atoms with Gasteiger partial charge in [-0.25, -0.2) is 0 Å². The van der Waals surface area contributed by atoms with E-state index in [0.717, 1.165) is 12.8 Å². The molecule has 0 saturated carbocycles. The van der Waals surface area contributed by atoms with E-state index in [1.54, 1.807) is 9.80 Å². The summed E-state index contributed by atoms with van der Waals surface area (Å²) >= 11 is 0. The first-order chi connectivity index (χ1) is 14.8. The summed E-state index contributed by atoms with van der Waals surface area (Å²) in [5.41, 5.74) is 0. The summed E-state index contributed by atoms with van der Waals surface area (Å²) in [5, 5.41) is 0. The van der Waals surface area contributed by atoms with Crippen LogP contribution in [0.5, 0.6) is 0 Å². The van der Waals surface area contributed by atoms with Crippen LogP contribution in [0, 0.1) is 0 Å². The average Bonchev–Trinajstić information content (AvgIpc) is 2.74. The molecule has 2 amide bonds. The van der Waals surface area contributed by atoms with Gasteiger partial charge in [-0.2, -0.15) is 0 Å². The second kappa shape index (κ2) is 16.4. The summed E-state index contributed by atoms with van der Waals surface area (Å²) in [4.78, 5) is 28.4. The predicted molar refractivity (Wildman–Crippen MR) is 107 cm³/mol. The molecule has 2 bridgehead atoms. The largest absolute Gasteiger partial charge is 0.379 e. The maximum absolute atomic E-state index is 12.5. The van der Waals surface area contributed by atoms with Crippen LogP contribution in [0.3, 0.4) is 0 Å². The van der Waals surface area contributed by atoms with E-state index in [0.29, 0.717) is 79.0 Å². The summed E-state index contributed by atoms with van der Waals surface area (Å²) in [7, 11) is 0. The number of ether oxygens (including phenoxy) is 6. The highest BCUT2D eigenvalue weighted by molar-refractivity contribution is 5.77. The van der Waals surface area contributed by atoms with Crippen LogP contribution in [-0.2, 0) is 38.0 Å². The van der Waals surface area contributed by atoms with Gasteiger partial charge in [-0.05, 0) is 12.8 Å². The van der Waals surface area contributed by atoms with Gasteiger partial charge < -0.3 is 38.2 Å². The Balaban J connectivity index is 1.98. The molecule has 0 atom stereocenters. The molecule has 10 heteroatoms. The summed E-state index contributed by atoms with van der Waals surface area (Å²) in [6.07, 6.45) is 1.46. The van der Waals surface area contributed by atoms with Crippen molar-refractivity contribution in [3.8, 4) is 0 Å². The van der Waals surface area contributed by atoms with E-state index >= 15 is 0 Å². The van der Waals surface area contributed by atoms with E-state index in [1.807, 2.05) is 0 Å². The Hall–Kier alpha value is -1.30. The van der Waals surface area contributed by atoms with E-state index in [4.69, 9.17) is 28.4 Å². The standard InChI is InChI=1S/C20H36N2O8/c23-19-17-29-15-16-30-18-20(24)22-4-2-8-26-12-11-25-7-1-3-21(19)5-9-27-13-14-28-10-6-22/h1-18H2. The fourth-order valence-corrected chi connectivity index (χ4v) is 3.05. The lowest BCUT2D eigenvalue weighted by Crippen LogP contribution is -2.39. The Morgan fingerprint density at radius 3 is 1.23 bits per heavy atom. The van der Waals surface area contributed by atoms with Gasteiger partial charge in [0.05, 0.1) is 52.9 Å². The van der Waals surface area contributed by atoms with Gasteiger partial charge in [0.25, 0.3) is 0 Å². The molecule has 0 radical (unpaired) electrons. The van der Waals surface area contributed by atoms with Crippen LogP contribution in [0.2, 0.25) is 0 Å². The number of fused-ring (bicyclic) bond motifs is 23. The number of amides is 2. The van der Waals surface area contributed by atoms with Gasteiger partial charge in [0.2, 0.25) is 11.8 Å². The van der Waals surface area contributed by atoms with Gasteiger partial charge in [0.1, 0.15) is 13.2 Å². The molecular weight excluding hydrogens is 396 g/mol. The minimum Gasteiger partial charge on any atom is -0.379 e. The summed E-state index contributed by atoms with van der Waals surface area (Å²) in [5.74, 6) is -0.202. The van der Waals surface area contributed by atoms with Crippen molar-refractivity contribution in [3.63, 3.8) is 0 Å². The summed E-state index contributed by atoms with van der Waals surface area (Å²) in [6, 6.07) is 0. The van der Waals surface area contributed by atoms with Crippen LogP contribution in [0.15, 0.2) is 0 Å². The molecule has 0 spiro atoms. The zero-order chi connectivity index (χ0) is 21.3. The number of carbonyl (C=O) groups is 2. The molecule has 0 aromatic carbocycles. The van der Waals surface area contributed by atoms with E-state index in [1.165, 1.54) is 0 Å². The molecule has 3 aliphatic heterocycles. The normalized spacial score (nSPS) is 24.1. The van der Waals surface area contributed by atoms with Crippen molar-refractivity contribution < 1.29 is 38.0 Å². The minimum absolute atomic E-state index is 0.0265. The van der Waals surface area contributed by atoms with Crippen molar-refractivity contribution in [1.82, 2.24) is 9.80 Å². The number of nitrogens with zero attached hydrogens (tertiary/aromatic N) is 2. The molecule has 3 heterocycles. The molecule has 3 aliphatic rings. The van der Waals surface area contributed by atoms with Crippen molar-refractivity contribution in [1.29, 1.82) is 0 Å².